The number of aliphatic hydroxyl groups excluding tert-OH is 3. The Morgan fingerprint density at radius 2 is 1.45 bits per heavy atom. The second-order valence-corrected chi connectivity index (χ2v) is 6.74. The number of ketones is 1. The summed E-state index contributed by atoms with van der Waals surface area (Å²) in [5, 5.41) is 27.8. The number of carbonyl (C=O) groups excluding carboxylic acids is 1. The van der Waals surface area contributed by atoms with Gasteiger partial charge in [-0.05, 0) is 38.5 Å². The van der Waals surface area contributed by atoms with E-state index in [-0.39, 0.29) is 18.5 Å². The Hall–Kier alpha value is -2.01. The number of aliphatic hydroxyl groups is 3. The molecule has 0 radical (unpaired) electrons. The fourth-order valence-electron chi connectivity index (χ4n) is 2.27. The third-order valence-corrected chi connectivity index (χ3v) is 4.07. The van der Waals surface area contributed by atoms with Crippen LogP contribution in [0.3, 0.4) is 0 Å². The van der Waals surface area contributed by atoms with Gasteiger partial charge in [0.05, 0.1) is 12.2 Å². The van der Waals surface area contributed by atoms with Crippen molar-refractivity contribution in [1.82, 2.24) is 0 Å². The van der Waals surface area contributed by atoms with E-state index >= 15 is 0 Å². The molecule has 0 aromatic carbocycles. The molecule has 3 N–H and O–H groups in total. The van der Waals surface area contributed by atoms with Crippen LogP contribution in [0.2, 0.25) is 0 Å². The molecule has 0 aliphatic rings. The van der Waals surface area contributed by atoms with Gasteiger partial charge in [-0.1, -0.05) is 79.8 Å². The fourth-order valence-corrected chi connectivity index (χ4v) is 2.27. The number of carbonyl (C=O) groups is 1. The molecular weight excluding hydrogens is 364 g/mol. The highest BCUT2D eigenvalue weighted by Gasteiger charge is 2.05. The van der Waals surface area contributed by atoms with Crippen LogP contribution in [0.1, 0.15) is 58.3 Å². The lowest BCUT2D eigenvalue weighted by Gasteiger charge is -2.03. The van der Waals surface area contributed by atoms with E-state index in [1.165, 1.54) is 0 Å². The maximum absolute atomic E-state index is 11.5. The van der Waals surface area contributed by atoms with Crippen molar-refractivity contribution in [2.24, 2.45) is 0 Å². The lowest BCUT2D eigenvalue weighted by molar-refractivity contribution is -0.119. The normalized spacial score (nSPS) is 15.2. The number of rotatable bonds is 17. The number of allylic oxidation sites excluding steroid dienone is 10. The summed E-state index contributed by atoms with van der Waals surface area (Å²) >= 11 is 0. The van der Waals surface area contributed by atoms with Gasteiger partial charge in [0.25, 0.3) is 0 Å². The van der Waals surface area contributed by atoms with Crippen LogP contribution in [0.5, 0.6) is 0 Å². The van der Waals surface area contributed by atoms with Gasteiger partial charge in [0.1, 0.15) is 5.78 Å². The second kappa shape index (κ2) is 20.7. The molecule has 4 nitrogen and oxygen atoms in total. The standard InChI is InChI=1S/C25H38O4/c1-2-23(27)17-14-12-10-8-6-4-3-5-7-9-11-13-15-18-24(28)20-21-25(29)19-16-22-26/h4,6-7,9-15,17-18,23-24,26-28H,2-3,5,8,16,19-22H2,1H3/b6-4-,9-7-,12-10-,13-11-,17-14+,18-15+. The zero-order valence-electron chi connectivity index (χ0n) is 17.7. The highest BCUT2D eigenvalue weighted by atomic mass is 16.3. The van der Waals surface area contributed by atoms with Crippen LogP contribution in [-0.2, 0) is 4.79 Å². The Bertz CT molecular complexity index is 567. The first-order chi connectivity index (χ1) is 14.1. The molecule has 0 aliphatic carbocycles. The molecule has 0 aromatic heterocycles. The van der Waals surface area contributed by atoms with Crippen molar-refractivity contribution < 1.29 is 20.1 Å². The first-order valence-corrected chi connectivity index (χ1v) is 10.6. The summed E-state index contributed by atoms with van der Waals surface area (Å²) in [4.78, 5) is 11.5. The van der Waals surface area contributed by atoms with Crippen molar-refractivity contribution in [3.63, 3.8) is 0 Å². The maximum Gasteiger partial charge on any atom is 0.133 e. The average molecular weight is 403 g/mol. The summed E-state index contributed by atoms with van der Waals surface area (Å²) < 4.78 is 0. The van der Waals surface area contributed by atoms with Crippen molar-refractivity contribution in [2.45, 2.75) is 70.5 Å². The van der Waals surface area contributed by atoms with Crippen molar-refractivity contribution in [1.29, 1.82) is 0 Å². The van der Waals surface area contributed by atoms with Gasteiger partial charge >= 0.3 is 0 Å². The third-order valence-electron chi connectivity index (χ3n) is 4.07. The molecule has 0 amide bonds. The molecule has 0 rings (SSSR count). The molecule has 0 saturated carbocycles. The van der Waals surface area contributed by atoms with E-state index in [2.05, 4.69) is 24.3 Å². The van der Waals surface area contributed by atoms with E-state index < -0.39 is 6.10 Å². The molecule has 0 saturated heterocycles. The predicted octanol–water partition coefficient (Wildman–Crippen LogP) is 4.75. The van der Waals surface area contributed by atoms with Crippen LogP contribution in [0.15, 0.2) is 72.9 Å². The molecular formula is C25H38O4. The van der Waals surface area contributed by atoms with Gasteiger partial charge in [-0.2, -0.15) is 0 Å². The third kappa shape index (κ3) is 20.5. The minimum Gasteiger partial charge on any atom is -0.396 e. The highest BCUT2D eigenvalue weighted by Crippen LogP contribution is 2.03. The quantitative estimate of drug-likeness (QED) is 0.186. The summed E-state index contributed by atoms with van der Waals surface area (Å²) in [5.74, 6) is 0.0821. The Balaban J connectivity index is 3.76. The molecule has 4 heteroatoms. The molecule has 0 bridgehead atoms. The molecule has 0 fully saturated rings. The largest absolute Gasteiger partial charge is 0.396 e. The first-order valence-electron chi connectivity index (χ1n) is 10.6. The van der Waals surface area contributed by atoms with Gasteiger partial charge in [0.2, 0.25) is 0 Å². The predicted molar refractivity (Wildman–Crippen MR) is 122 cm³/mol. The average Bonchev–Trinajstić information content (AvgIpc) is 2.73. The van der Waals surface area contributed by atoms with Gasteiger partial charge in [-0.15, -0.1) is 0 Å². The van der Waals surface area contributed by atoms with E-state index in [4.69, 9.17) is 5.11 Å². The highest BCUT2D eigenvalue weighted by molar-refractivity contribution is 5.78. The zero-order chi connectivity index (χ0) is 21.6. The minimum atomic E-state index is -0.618. The number of hydrogen-bond acceptors (Lipinski definition) is 4. The van der Waals surface area contributed by atoms with Gasteiger partial charge in [-0.3, -0.25) is 4.79 Å². The molecule has 0 heterocycles. The monoisotopic (exact) mass is 402 g/mol. The summed E-state index contributed by atoms with van der Waals surface area (Å²) in [6.45, 7) is 1.98. The molecule has 0 aromatic rings. The minimum absolute atomic E-state index is 0.0313. The molecule has 0 aliphatic heterocycles. The van der Waals surface area contributed by atoms with Crippen LogP contribution in [-0.4, -0.2) is 39.9 Å². The Morgan fingerprint density at radius 3 is 2.21 bits per heavy atom. The summed E-state index contributed by atoms with van der Waals surface area (Å²) in [7, 11) is 0. The van der Waals surface area contributed by atoms with Gasteiger partial charge < -0.3 is 15.3 Å². The van der Waals surface area contributed by atoms with Gasteiger partial charge in [-0.25, -0.2) is 0 Å². The second-order valence-electron chi connectivity index (χ2n) is 6.74. The number of unbranched alkanes of at least 4 members (excludes halogenated alkanes) is 1. The van der Waals surface area contributed by atoms with E-state index in [0.717, 1.165) is 25.7 Å². The molecule has 162 valence electrons. The van der Waals surface area contributed by atoms with Crippen LogP contribution < -0.4 is 0 Å². The number of Topliss-reactive ketones (excluding diaryl/α,β-unsaturated/α-hetero) is 1. The summed E-state index contributed by atoms with van der Waals surface area (Å²) in [6, 6.07) is 0. The van der Waals surface area contributed by atoms with E-state index in [0.29, 0.717) is 25.7 Å². The molecule has 29 heavy (non-hydrogen) atoms. The van der Waals surface area contributed by atoms with Crippen molar-refractivity contribution >= 4 is 5.78 Å². The Kier molecular flexibility index (Phi) is 19.3. The molecule has 2 unspecified atom stereocenters. The fraction of sp³-hybridized carbons (Fsp3) is 0.480. The summed E-state index contributed by atoms with van der Waals surface area (Å²) in [5.41, 5.74) is 0. The molecule has 0 spiro atoms. The van der Waals surface area contributed by atoms with E-state index in [9.17, 15) is 15.0 Å². The van der Waals surface area contributed by atoms with Crippen LogP contribution in [0.25, 0.3) is 0 Å². The van der Waals surface area contributed by atoms with Crippen molar-refractivity contribution in [3.8, 4) is 0 Å². The van der Waals surface area contributed by atoms with Crippen molar-refractivity contribution in [3.05, 3.63) is 72.9 Å². The van der Waals surface area contributed by atoms with Gasteiger partial charge in [0, 0.05) is 19.4 Å². The van der Waals surface area contributed by atoms with Crippen LogP contribution in [0, 0.1) is 0 Å². The Morgan fingerprint density at radius 1 is 0.793 bits per heavy atom. The smallest absolute Gasteiger partial charge is 0.133 e. The summed E-state index contributed by atoms with van der Waals surface area (Å²) in [6.07, 6.45) is 27.5. The van der Waals surface area contributed by atoms with Crippen LogP contribution >= 0.6 is 0 Å². The Labute approximate surface area is 176 Å². The van der Waals surface area contributed by atoms with E-state index in [1.807, 2.05) is 37.3 Å². The number of hydrogen-bond donors (Lipinski definition) is 3. The topological polar surface area (TPSA) is 77.8 Å². The lowest BCUT2D eigenvalue weighted by atomic mass is 10.1. The van der Waals surface area contributed by atoms with Gasteiger partial charge in [0.15, 0.2) is 0 Å². The van der Waals surface area contributed by atoms with Crippen molar-refractivity contribution in [2.75, 3.05) is 6.61 Å². The maximum atomic E-state index is 11.5. The zero-order valence-corrected chi connectivity index (χ0v) is 17.7. The lowest BCUT2D eigenvalue weighted by Crippen LogP contribution is -2.07. The first kappa shape index (κ1) is 27.0. The van der Waals surface area contributed by atoms with E-state index in [1.54, 1.807) is 18.2 Å². The van der Waals surface area contributed by atoms with Crippen LogP contribution in [0.4, 0.5) is 0 Å². The molecule has 2 atom stereocenters. The SMILES string of the molecule is CCC(O)/C=C/C=C\C/C=C\CC\C=C/C=C\C=C\C(O)CCC(=O)CCCO.